The van der Waals surface area contributed by atoms with Gasteiger partial charge in [0, 0.05) is 29.5 Å². The molecule has 1 saturated heterocycles. The number of benzene rings is 2. The molecule has 6 rings (SSSR count). The molecule has 1 N–H and O–H groups in total. The summed E-state index contributed by atoms with van der Waals surface area (Å²) in [5.74, 6) is -0.707. The highest BCUT2D eigenvalue weighted by Gasteiger charge is 2.46. The van der Waals surface area contributed by atoms with Crippen molar-refractivity contribution >= 4 is 17.7 Å². The number of carbonyl (C=O) groups is 1. The van der Waals surface area contributed by atoms with Crippen LogP contribution in [0.15, 0.2) is 64.4 Å². The van der Waals surface area contributed by atoms with Crippen LogP contribution in [0.2, 0.25) is 0 Å². The van der Waals surface area contributed by atoms with Crippen molar-refractivity contribution in [1.82, 2.24) is 9.58 Å². The van der Waals surface area contributed by atoms with E-state index in [2.05, 4.69) is 0 Å². The molecule has 3 atom stereocenters. The van der Waals surface area contributed by atoms with E-state index in [-0.39, 0.29) is 24.2 Å². The number of ether oxygens (including phenoxy) is 1. The predicted octanol–water partition coefficient (Wildman–Crippen LogP) is 3.23. The third kappa shape index (κ3) is 3.14. The zero-order chi connectivity index (χ0) is 23.6. The SMILES string of the molecule is C[C@H]1CN2C(=O)c3c(O)c(=O)ccn3N([C@H]3c4ccc(F)cc4CSc4ccccc43)[C@@H]2CO1. The molecule has 0 saturated carbocycles. The third-order valence-corrected chi connectivity index (χ3v) is 7.81. The first kappa shape index (κ1) is 21.2. The molecule has 9 heteroatoms. The topological polar surface area (TPSA) is 75.0 Å². The van der Waals surface area contributed by atoms with Gasteiger partial charge in [0.05, 0.1) is 18.8 Å². The molecule has 4 heterocycles. The number of fused-ring (bicyclic) bond motifs is 4. The number of aromatic nitrogens is 1. The number of thioether (sulfide) groups is 1. The summed E-state index contributed by atoms with van der Waals surface area (Å²) in [5, 5.41) is 12.7. The fourth-order valence-corrected chi connectivity index (χ4v) is 6.21. The molecule has 0 bridgehead atoms. The number of halogens is 1. The molecule has 7 nitrogen and oxygen atoms in total. The number of aromatic hydroxyl groups is 1. The van der Waals surface area contributed by atoms with Gasteiger partial charge in [-0.25, -0.2) is 4.39 Å². The van der Waals surface area contributed by atoms with Crippen LogP contribution in [0.5, 0.6) is 5.75 Å². The summed E-state index contributed by atoms with van der Waals surface area (Å²) in [7, 11) is 0. The summed E-state index contributed by atoms with van der Waals surface area (Å²) in [6.45, 7) is 2.46. The molecule has 3 aliphatic rings. The average Bonchev–Trinajstić information content (AvgIpc) is 2.98. The van der Waals surface area contributed by atoms with Gasteiger partial charge in [-0.1, -0.05) is 24.3 Å². The quantitative estimate of drug-likeness (QED) is 0.578. The summed E-state index contributed by atoms with van der Waals surface area (Å²) >= 11 is 1.63. The van der Waals surface area contributed by atoms with Crippen LogP contribution in [0.25, 0.3) is 0 Å². The van der Waals surface area contributed by atoms with E-state index in [1.54, 1.807) is 33.5 Å². The van der Waals surface area contributed by atoms with E-state index in [0.29, 0.717) is 12.3 Å². The Balaban J connectivity index is 1.65. The van der Waals surface area contributed by atoms with Crippen molar-refractivity contribution in [3.05, 3.63) is 93.2 Å². The first-order valence-corrected chi connectivity index (χ1v) is 12.1. The molecular weight excluding hydrogens is 457 g/mol. The minimum absolute atomic E-state index is 0.0732. The third-order valence-electron chi connectivity index (χ3n) is 6.68. The highest BCUT2D eigenvalue weighted by atomic mass is 32.2. The summed E-state index contributed by atoms with van der Waals surface area (Å²) < 4.78 is 21.8. The van der Waals surface area contributed by atoms with Gasteiger partial charge in [0.25, 0.3) is 5.91 Å². The van der Waals surface area contributed by atoms with Gasteiger partial charge in [-0.2, -0.15) is 0 Å². The average molecular weight is 480 g/mol. The van der Waals surface area contributed by atoms with Crippen LogP contribution >= 0.6 is 11.8 Å². The second-order valence-electron chi connectivity index (χ2n) is 8.76. The molecule has 3 aliphatic heterocycles. The molecule has 174 valence electrons. The lowest BCUT2D eigenvalue weighted by molar-refractivity contribution is -0.0576. The number of pyridine rings is 1. The Bertz CT molecular complexity index is 1380. The van der Waals surface area contributed by atoms with Crippen molar-refractivity contribution in [3.63, 3.8) is 0 Å². The highest BCUT2D eigenvalue weighted by molar-refractivity contribution is 7.98. The minimum Gasteiger partial charge on any atom is -0.502 e. The van der Waals surface area contributed by atoms with Gasteiger partial charge < -0.3 is 14.7 Å². The van der Waals surface area contributed by atoms with Crippen LogP contribution < -0.4 is 10.4 Å². The van der Waals surface area contributed by atoms with Crippen LogP contribution in [0.4, 0.5) is 4.39 Å². The number of nitrogens with zero attached hydrogens (tertiary/aromatic N) is 3. The molecule has 0 radical (unpaired) electrons. The van der Waals surface area contributed by atoms with E-state index in [1.807, 2.05) is 36.2 Å². The second-order valence-corrected chi connectivity index (χ2v) is 9.77. The van der Waals surface area contributed by atoms with Crippen LogP contribution in [-0.2, 0) is 10.5 Å². The first-order valence-electron chi connectivity index (χ1n) is 11.1. The standard InChI is InChI=1S/C25H22FN3O4S/c1-14-11-27-21(12-33-14)29(28-9-8-19(30)24(31)23(28)25(27)32)22-17-7-6-16(26)10-15(17)13-34-20-5-3-2-4-18(20)22/h2-10,14,21-22,31H,11-13H2,1H3/t14-,21+,22-/m0/s1. The van der Waals surface area contributed by atoms with E-state index in [0.717, 1.165) is 21.6 Å². The fraction of sp³-hybridized carbons (Fsp3) is 0.280. The first-order chi connectivity index (χ1) is 16.4. The maximum atomic E-state index is 14.3. The van der Waals surface area contributed by atoms with Gasteiger partial charge in [0.1, 0.15) is 12.0 Å². The molecule has 0 aliphatic carbocycles. The van der Waals surface area contributed by atoms with Crippen LogP contribution in [0.1, 0.15) is 40.1 Å². The lowest BCUT2D eigenvalue weighted by atomic mass is 9.93. The lowest BCUT2D eigenvalue weighted by Crippen LogP contribution is -2.67. The number of amides is 1. The number of hydrogen-bond donors (Lipinski definition) is 1. The molecule has 0 unspecified atom stereocenters. The number of morpholine rings is 1. The van der Waals surface area contributed by atoms with Crippen LogP contribution in [-0.4, -0.2) is 46.0 Å². The van der Waals surface area contributed by atoms with Gasteiger partial charge in [-0.05, 0) is 41.8 Å². The zero-order valence-electron chi connectivity index (χ0n) is 18.3. The number of hydrogen-bond acceptors (Lipinski definition) is 6. The number of carbonyl (C=O) groups excluding carboxylic acids is 1. The van der Waals surface area contributed by atoms with E-state index in [4.69, 9.17) is 4.74 Å². The fourth-order valence-electron chi connectivity index (χ4n) is 5.13. The zero-order valence-corrected chi connectivity index (χ0v) is 19.2. The monoisotopic (exact) mass is 479 g/mol. The Morgan fingerprint density at radius 1 is 1.12 bits per heavy atom. The summed E-state index contributed by atoms with van der Waals surface area (Å²) in [6.07, 6.45) is 0.843. The Morgan fingerprint density at radius 3 is 2.79 bits per heavy atom. The van der Waals surface area contributed by atoms with Crippen molar-refractivity contribution in [2.45, 2.75) is 35.9 Å². The van der Waals surface area contributed by atoms with Crippen LogP contribution in [0, 0.1) is 5.82 Å². The molecular formula is C25H22FN3O4S. The maximum Gasteiger partial charge on any atom is 0.278 e. The van der Waals surface area contributed by atoms with E-state index in [1.165, 1.54) is 18.3 Å². The van der Waals surface area contributed by atoms with Crippen molar-refractivity contribution in [3.8, 4) is 5.75 Å². The maximum absolute atomic E-state index is 14.3. The smallest absolute Gasteiger partial charge is 0.278 e. The lowest BCUT2D eigenvalue weighted by Gasteiger charge is -2.52. The summed E-state index contributed by atoms with van der Waals surface area (Å²) in [4.78, 5) is 28.5. The molecule has 3 aromatic rings. The highest BCUT2D eigenvalue weighted by Crippen LogP contribution is 2.44. The normalized spacial score (nSPS) is 23.5. The van der Waals surface area contributed by atoms with Crippen molar-refractivity contribution in [2.24, 2.45) is 0 Å². The van der Waals surface area contributed by atoms with E-state index in [9.17, 15) is 19.1 Å². The number of rotatable bonds is 1. The van der Waals surface area contributed by atoms with Crippen molar-refractivity contribution in [2.75, 3.05) is 18.2 Å². The summed E-state index contributed by atoms with van der Waals surface area (Å²) in [6, 6.07) is 13.6. The minimum atomic E-state index is -0.612. The van der Waals surface area contributed by atoms with Gasteiger partial charge in [0.15, 0.2) is 11.4 Å². The molecule has 2 aromatic carbocycles. The van der Waals surface area contributed by atoms with Gasteiger partial charge in [0.2, 0.25) is 5.43 Å². The van der Waals surface area contributed by atoms with Crippen molar-refractivity contribution in [1.29, 1.82) is 0 Å². The Kier molecular flexibility index (Phi) is 4.93. The van der Waals surface area contributed by atoms with E-state index < -0.39 is 29.3 Å². The van der Waals surface area contributed by atoms with Crippen molar-refractivity contribution < 1.29 is 19.0 Å². The van der Waals surface area contributed by atoms with Gasteiger partial charge in [-0.15, -0.1) is 11.8 Å². The Labute approximate surface area is 199 Å². The second kappa shape index (κ2) is 7.89. The van der Waals surface area contributed by atoms with Gasteiger partial charge >= 0.3 is 0 Å². The van der Waals surface area contributed by atoms with Crippen LogP contribution in [0.3, 0.4) is 0 Å². The molecule has 0 spiro atoms. The van der Waals surface area contributed by atoms with Gasteiger partial charge in [-0.3, -0.25) is 19.3 Å². The summed E-state index contributed by atoms with van der Waals surface area (Å²) in [5.41, 5.74) is 2.06. The van der Waals surface area contributed by atoms with E-state index >= 15 is 0 Å². The molecule has 1 aromatic heterocycles. The molecule has 1 amide bonds. The largest absolute Gasteiger partial charge is 0.502 e. The Morgan fingerprint density at radius 2 is 1.94 bits per heavy atom. The Hall–Kier alpha value is -3.30. The molecule has 34 heavy (non-hydrogen) atoms. The molecule has 1 fully saturated rings. The predicted molar refractivity (Wildman–Crippen MR) is 125 cm³/mol.